The summed E-state index contributed by atoms with van der Waals surface area (Å²) in [7, 11) is 1.80. The molecule has 2 aliphatic rings. The van der Waals surface area contributed by atoms with Crippen LogP contribution in [0.3, 0.4) is 0 Å². The molecule has 2 unspecified atom stereocenters. The van der Waals surface area contributed by atoms with Gasteiger partial charge in [-0.05, 0) is 38.5 Å². The molecule has 1 saturated carbocycles. The number of aliphatic imine (C=N–C) groups is 1. The number of hydrogen-bond donors (Lipinski definition) is 2. The van der Waals surface area contributed by atoms with E-state index in [1.54, 1.807) is 7.05 Å². The first-order valence-electron chi connectivity index (χ1n) is 10.0. The van der Waals surface area contributed by atoms with Crippen molar-refractivity contribution in [2.75, 3.05) is 33.3 Å². The van der Waals surface area contributed by atoms with Crippen LogP contribution in [0.25, 0.3) is 0 Å². The maximum Gasteiger partial charge on any atom is 0.222 e. The highest BCUT2D eigenvalue weighted by atomic mass is 127. The lowest BCUT2D eigenvalue weighted by molar-refractivity contribution is -0.129. The smallest absolute Gasteiger partial charge is 0.222 e. The van der Waals surface area contributed by atoms with Gasteiger partial charge < -0.3 is 20.3 Å². The quantitative estimate of drug-likeness (QED) is 0.319. The van der Waals surface area contributed by atoms with Gasteiger partial charge in [-0.25, -0.2) is 0 Å². The average Bonchev–Trinajstić information content (AvgIpc) is 3.31. The van der Waals surface area contributed by atoms with Gasteiger partial charge in [-0.2, -0.15) is 0 Å². The molecule has 6 nitrogen and oxygen atoms in total. The molecule has 0 radical (unpaired) electrons. The normalized spacial score (nSPS) is 22.2. The third-order valence-electron chi connectivity index (χ3n) is 5.44. The number of likely N-dealkylation sites (tertiary alicyclic amines) is 1. The van der Waals surface area contributed by atoms with Crippen molar-refractivity contribution in [3.8, 4) is 0 Å². The summed E-state index contributed by atoms with van der Waals surface area (Å²) >= 11 is 0. The van der Waals surface area contributed by atoms with Gasteiger partial charge in [0.1, 0.15) is 0 Å². The van der Waals surface area contributed by atoms with Gasteiger partial charge >= 0.3 is 0 Å². The van der Waals surface area contributed by atoms with Gasteiger partial charge in [0, 0.05) is 45.8 Å². The van der Waals surface area contributed by atoms with E-state index >= 15 is 0 Å². The average molecular weight is 480 g/mol. The molecule has 1 heterocycles. The summed E-state index contributed by atoms with van der Waals surface area (Å²) < 4.78 is 5.98. The molecule has 2 N–H and O–H groups in total. The zero-order valence-corrected chi connectivity index (χ0v) is 19.0. The fraction of sp³-hybridized carbons (Fsp3) is 0.895. The highest BCUT2D eigenvalue weighted by Crippen LogP contribution is 2.30. The Balaban J connectivity index is 0.00000338. The van der Waals surface area contributed by atoms with Gasteiger partial charge in [-0.15, -0.1) is 24.0 Å². The summed E-state index contributed by atoms with van der Waals surface area (Å²) in [5.74, 6) is 1.79. The number of rotatable bonds is 8. The molecule has 1 saturated heterocycles. The minimum atomic E-state index is 0. The summed E-state index contributed by atoms with van der Waals surface area (Å²) in [6.45, 7) is 7.27. The van der Waals surface area contributed by atoms with Crippen LogP contribution in [0.5, 0.6) is 0 Å². The molecule has 1 aliphatic heterocycles. The predicted octanol–water partition coefficient (Wildman–Crippen LogP) is 2.77. The molecule has 0 aromatic heterocycles. The fourth-order valence-corrected chi connectivity index (χ4v) is 4.05. The van der Waals surface area contributed by atoms with E-state index in [4.69, 9.17) is 4.74 Å². The Morgan fingerprint density at radius 2 is 2.00 bits per heavy atom. The van der Waals surface area contributed by atoms with E-state index < -0.39 is 0 Å². The first-order chi connectivity index (χ1) is 12.2. The van der Waals surface area contributed by atoms with Crippen molar-refractivity contribution in [3.63, 3.8) is 0 Å². The Kier molecular flexibility index (Phi) is 11.5. The van der Waals surface area contributed by atoms with Crippen molar-refractivity contribution < 1.29 is 9.53 Å². The van der Waals surface area contributed by atoms with Crippen molar-refractivity contribution >= 4 is 35.8 Å². The number of nitrogens with one attached hydrogen (secondary N) is 2. The molecule has 7 heteroatoms. The second-order valence-electron chi connectivity index (χ2n) is 7.15. The molecule has 2 rings (SSSR count). The molecule has 1 amide bonds. The third-order valence-corrected chi connectivity index (χ3v) is 5.44. The number of halogens is 1. The van der Waals surface area contributed by atoms with Crippen LogP contribution in [0.15, 0.2) is 4.99 Å². The Hall–Kier alpha value is -0.570. The molecule has 2 atom stereocenters. The van der Waals surface area contributed by atoms with Gasteiger partial charge in [0.15, 0.2) is 5.96 Å². The summed E-state index contributed by atoms with van der Waals surface area (Å²) in [5, 5.41) is 6.88. The standard InChI is InChI=1S/C19H36N4O2.HI/c1-4-18(24)23-13-11-16(14-23)22-19(20-3)21-12-10-17(25-5-2)15-8-6-7-9-15;/h15-17H,4-14H2,1-3H3,(H2,20,21,22);1H. The Labute approximate surface area is 175 Å². The second-order valence-corrected chi connectivity index (χ2v) is 7.15. The third kappa shape index (κ3) is 7.21. The number of amides is 1. The van der Waals surface area contributed by atoms with Gasteiger partial charge in [-0.1, -0.05) is 19.8 Å². The zero-order valence-electron chi connectivity index (χ0n) is 16.6. The van der Waals surface area contributed by atoms with E-state index in [-0.39, 0.29) is 29.9 Å². The molecular formula is C19H37IN4O2. The van der Waals surface area contributed by atoms with Crippen molar-refractivity contribution in [1.82, 2.24) is 15.5 Å². The number of ether oxygens (including phenoxy) is 1. The van der Waals surface area contributed by atoms with Crippen molar-refractivity contribution in [1.29, 1.82) is 0 Å². The topological polar surface area (TPSA) is 66.0 Å². The zero-order chi connectivity index (χ0) is 18.1. The highest BCUT2D eigenvalue weighted by Gasteiger charge is 2.27. The SMILES string of the molecule is CCOC(CCNC(=NC)NC1CCN(C(=O)CC)C1)C1CCCC1.I. The second kappa shape index (κ2) is 12.8. The van der Waals surface area contributed by atoms with E-state index in [1.807, 2.05) is 11.8 Å². The number of carbonyl (C=O) groups is 1. The number of guanidine groups is 1. The van der Waals surface area contributed by atoms with Gasteiger partial charge in [0.05, 0.1) is 6.10 Å². The Morgan fingerprint density at radius 3 is 2.62 bits per heavy atom. The lowest BCUT2D eigenvalue weighted by Crippen LogP contribution is -2.45. The molecule has 26 heavy (non-hydrogen) atoms. The summed E-state index contributed by atoms with van der Waals surface area (Å²) in [6.07, 6.45) is 8.25. The van der Waals surface area contributed by atoms with Gasteiger partial charge in [0.2, 0.25) is 5.91 Å². The van der Waals surface area contributed by atoms with Crippen LogP contribution < -0.4 is 10.6 Å². The van der Waals surface area contributed by atoms with Crippen LogP contribution in [0.4, 0.5) is 0 Å². The molecule has 2 fully saturated rings. The molecule has 0 bridgehead atoms. The minimum absolute atomic E-state index is 0. The predicted molar refractivity (Wildman–Crippen MR) is 117 cm³/mol. The van der Waals surface area contributed by atoms with Crippen LogP contribution in [0, 0.1) is 5.92 Å². The Bertz CT molecular complexity index is 441. The molecule has 152 valence electrons. The minimum Gasteiger partial charge on any atom is -0.378 e. The van der Waals surface area contributed by atoms with Crippen LogP contribution in [0.2, 0.25) is 0 Å². The monoisotopic (exact) mass is 480 g/mol. The van der Waals surface area contributed by atoms with Crippen LogP contribution in [0.1, 0.15) is 58.8 Å². The maximum absolute atomic E-state index is 11.8. The van der Waals surface area contributed by atoms with E-state index in [2.05, 4.69) is 22.5 Å². The van der Waals surface area contributed by atoms with Crippen LogP contribution >= 0.6 is 24.0 Å². The van der Waals surface area contributed by atoms with Crippen molar-refractivity contribution in [3.05, 3.63) is 0 Å². The van der Waals surface area contributed by atoms with Crippen molar-refractivity contribution in [2.24, 2.45) is 10.9 Å². The summed E-state index contributed by atoms with van der Waals surface area (Å²) in [4.78, 5) is 18.1. The lowest BCUT2D eigenvalue weighted by atomic mass is 9.98. The molecule has 0 spiro atoms. The van der Waals surface area contributed by atoms with Crippen molar-refractivity contribution in [2.45, 2.75) is 70.9 Å². The molecular weight excluding hydrogens is 443 g/mol. The fourth-order valence-electron chi connectivity index (χ4n) is 4.05. The number of nitrogens with zero attached hydrogens (tertiary/aromatic N) is 2. The number of carbonyl (C=O) groups excluding carboxylic acids is 1. The molecule has 0 aromatic rings. The number of hydrogen-bond acceptors (Lipinski definition) is 3. The summed E-state index contributed by atoms with van der Waals surface area (Å²) in [5.41, 5.74) is 0. The highest BCUT2D eigenvalue weighted by molar-refractivity contribution is 14.0. The van der Waals surface area contributed by atoms with E-state index in [1.165, 1.54) is 25.7 Å². The van der Waals surface area contributed by atoms with E-state index in [9.17, 15) is 4.79 Å². The summed E-state index contributed by atoms with van der Waals surface area (Å²) in [6, 6.07) is 0.291. The Morgan fingerprint density at radius 1 is 1.27 bits per heavy atom. The maximum atomic E-state index is 11.8. The molecule has 1 aliphatic carbocycles. The molecule has 0 aromatic carbocycles. The first-order valence-corrected chi connectivity index (χ1v) is 10.0. The van der Waals surface area contributed by atoms with Gasteiger partial charge in [-0.3, -0.25) is 9.79 Å². The largest absolute Gasteiger partial charge is 0.378 e. The lowest BCUT2D eigenvalue weighted by Gasteiger charge is -2.24. The first kappa shape index (κ1) is 23.5. The van der Waals surface area contributed by atoms with Gasteiger partial charge in [0.25, 0.3) is 0 Å². The van der Waals surface area contributed by atoms with E-state index in [0.29, 0.717) is 18.6 Å². The van der Waals surface area contributed by atoms with Crippen LogP contribution in [-0.2, 0) is 9.53 Å². The van der Waals surface area contributed by atoms with Crippen LogP contribution in [-0.4, -0.2) is 62.2 Å². The van der Waals surface area contributed by atoms with E-state index in [0.717, 1.165) is 51.0 Å².